The molecule has 14 heavy (non-hydrogen) atoms. The number of halogens is 2. The van der Waals surface area contributed by atoms with Gasteiger partial charge in [0.1, 0.15) is 0 Å². The molecule has 2 atom stereocenters. The summed E-state index contributed by atoms with van der Waals surface area (Å²) in [4.78, 5) is 1.05. The van der Waals surface area contributed by atoms with Gasteiger partial charge in [0.2, 0.25) is 0 Å². The molecular weight excluding hydrogens is 304 g/mol. The van der Waals surface area contributed by atoms with Crippen LogP contribution in [0.25, 0.3) is 0 Å². The second-order valence-corrected chi connectivity index (χ2v) is 6.40. The molecule has 0 aromatic carbocycles. The summed E-state index contributed by atoms with van der Waals surface area (Å²) in [7, 11) is 0. The average Bonchev–Trinajstić information content (AvgIpc) is 2.14. The SMILES string of the molecule is CCCCCCCC(Br)/C=C/C(C)Br. The summed E-state index contributed by atoms with van der Waals surface area (Å²) in [6.07, 6.45) is 12.6. The first-order valence-electron chi connectivity index (χ1n) is 5.63. The summed E-state index contributed by atoms with van der Waals surface area (Å²) in [5, 5.41) is 0. The van der Waals surface area contributed by atoms with Gasteiger partial charge in [-0.15, -0.1) is 0 Å². The highest BCUT2D eigenvalue weighted by molar-refractivity contribution is 9.10. The summed E-state index contributed by atoms with van der Waals surface area (Å²) in [5.74, 6) is 0. The lowest BCUT2D eigenvalue weighted by Gasteiger charge is -2.04. The van der Waals surface area contributed by atoms with Gasteiger partial charge in [-0.25, -0.2) is 0 Å². The van der Waals surface area contributed by atoms with Crippen molar-refractivity contribution < 1.29 is 0 Å². The van der Waals surface area contributed by atoms with Crippen LogP contribution in [0.2, 0.25) is 0 Å². The van der Waals surface area contributed by atoms with Crippen LogP contribution in [0.4, 0.5) is 0 Å². The molecule has 0 aromatic heterocycles. The highest BCUT2D eigenvalue weighted by atomic mass is 79.9. The number of unbranched alkanes of at least 4 members (excludes halogenated alkanes) is 4. The van der Waals surface area contributed by atoms with E-state index in [9.17, 15) is 0 Å². The number of rotatable bonds is 8. The number of alkyl halides is 2. The van der Waals surface area contributed by atoms with Crippen molar-refractivity contribution in [2.24, 2.45) is 0 Å². The van der Waals surface area contributed by atoms with Gasteiger partial charge in [-0.1, -0.05) is 83.0 Å². The molecule has 0 aliphatic carbocycles. The van der Waals surface area contributed by atoms with Crippen LogP contribution in [-0.2, 0) is 0 Å². The van der Waals surface area contributed by atoms with Gasteiger partial charge < -0.3 is 0 Å². The summed E-state index contributed by atoms with van der Waals surface area (Å²) in [5.41, 5.74) is 0. The Morgan fingerprint density at radius 3 is 2.21 bits per heavy atom. The molecule has 0 bridgehead atoms. The van der Waals surface area contributed by atoms with Crippen molar-refractivity contribution in [1.29, 1.82) is 0 Å². The standard InChI is InChI=1S/C12H22Br2/c1-3-4-5-6-7-8-12(14)10-9-11(2)13/h9-12H,3-8H2,1-2H3/b10-9+. The van der Waals surface area contributed by atoms with Gasteiger partial charge >= 0.3 is 0 Å². The van der Waals surface area contributed by atoms with E-state index in [-0.39, 0.29) is 0 Å². The maximum atomic E-state index is 3.67. The molecular formula is C12H22Br2. The van der Waals surface area contributed by atoms with E-state index in [4.69, 9.17) is 0 Å². The highest BCUT2D eigenvalue weighted by Crippen LogP contribution is 2.14. The van der Waals surface area contributed by atoms with E-state index in [0.29, 0.717) is 9.65 Å². The third-order valence-corrected chi connectivity index (χ3v) is 3.24. The van der Waals surface area contributed by atoms with Gasteiger partial charge in [0.05, 0.1) is 0 Å². The molecule has 0 heterocycles. The predicted octanol–water partition coefficient (Wildman–Crippen LogP) is 5.45. The molecule has 0 rings (SSSR count). The average molecular weight is 326 g/mol. The molecule has 0 aliphatic heterocycles. The van der Waals surface area contributed by atoms with E-state index in [1.165, 1.54) is 38.5 Å². The van der Waals surface area contributed by atoms with Crippen LogP contribution in [0, 0.1) is 0 Å². The molecule has 0 spiro atoms. The van der Waals surface area contributed by atoms with Gasteiger partial charge in [0.15, 0.2) is 0 Å². The number of hydrogen-bond donors (Lipinski definition) is 0. The fourth-order valence-electron chi connectivity index (χ4n) is 1.31. The van der Waals surface area contributed by atoms with E-state index in [1.807, 2.05) is 0 Å². The van der Waals surface area contributed by atoms with Crippen LogP contribution < -0.4 is 0 Å². The van der Waals surface area contributed by atoms with Crippen molar-refractivity contribution in [2.45, 2.75) is 62.0 Å². The topological polar surface area (TPSA) is 0 Å². The van der Waals surface area contributed by atoms with Gasteiger partial charge in [-0.05, 0) is 13.3 Å². The predicted molar refractivity (Wildman–Crippen MR) is 73.6 cm³/mol. The Bertz CT molecular complexity index is 141. The molecule has 0 radical (unpaired) electrons. The maximum Gasteiger partial charge on any atom is 0.0325 e. The van der Waals surface area contributed by atoms with Crippen molar-refractivity contribution >= 4 is 31.9 Å². The van der Waals surface area contributed by atoms with Crippen molar-refractivity contribution in [3.05, 3.63) is 12.2 Å². The first-order chi connectivity index (χ1) is 6.66. The monoisotopic (exact) mass is 324 g/mol. The lowest BCUT2D eigenvalue weighted by atomic mass is 10.1. The third-order valence-electron chi connectivity index (χ3n) is 2.17. The summed E-state index contributed by atoms with van der Waals surface area (Å²) >= 11 is 7.17. The Kier molecular flexibility index (Phi) is 10.7. The molecule has 0 aromatic rings. The van der Waals surface area contributed by atoms with Crippen molar-refractivity contribution in [1.82, 2.24) is 0 Å². The zero-order chi connectivity index (χ0) is 10.8. The third kappa shape index (κ3) is 10.8. The molecule has 0 N–H and O–H groups in total. The quantitative estimate of drug-likeness (QED) is 0.316. The molecule has 0 saturated carbocycles. The minimum Gasteiger partial charge on any atom is -0.0848 e. The molecule has 0 saturated heterocycles. The van der Waals surface area contributed by atoms with Gasteiger partial charge in [-0.3, -0.25) is 0 Å². The normalized spacial score (nSPS) is 16.0. The maximum absolute atomic E-state index is 3.67. The van der Waals surface area contributed by atoms with Crippen LogP contribution in [0.1, 0.15) is 52.4 Å². The molecule has 0 aliphatic rings. The van der Waals surface area contributed by atoms with Crippen LogP contribution in [0.15, 0.2) is 12.2 Å². The molecule has 0 nitrogen and oxygen atoms in total. The Hall–Kier alpha value is 0.700. The summed E-state index contributed by atoms with van der Waals surface area (Å²) in [6.45, 7) is 4.39. The molecule has 84 valence electrons. The lowest BCUT2D eigenvalue weighted by Crippen LogP contribution is -1.94. The fourth-order valence-corrected chi connectivity index (χ4v) is 1.99. The van der Waals surface area contributed by atoms with Crippen molar-refractivity contribution in [3.63, 3.8) is 0 Å². The Morgan fingerprint density at radius 2 is 1.64 bits per heavy atom. The van der Waals surface area contributed by atoms with E-state index in [0.717, 1.165) is 0 Å². The van der Waals surface area contributed by atoms with Crippen LogP contribution in [-0.4, -0.2) is 9.65 Å². The minimum atomic E-state index is 0.489. The fraction of sp³-hybridized carbons (Fsp3) is 0.833. The van der Waals surface area contributed by atoms with E-state index in [2.05, 4.69) is 57.9 Å². The first kappa shape index (κ1) is 14.7. The Labute approximate surface area is 106 Å². The zero-order valence-electron chi connectivity index (χ0n) is 9.31. The van der Waals surface area contributed by atoms with Crippen LogP contribution >= 0.6 is 31.9 Å². The Balaban J connectivity index is 3.31. The molecule has 2 unspecified atom stereocenters. The summed E-state index contributed by atoms with van der Waals surface area (Å²) in [6, 6.07) is 0. The van der Waals surface area contributed by atoms with Crippen molar-refractivity contribution in [2.75, 3.05) is 0 Å². The molecule has 0 fully saturated rings. The second-order valence-electron chi connectivity index (χ2n) is 3.78. The highest BCUT2D eigenvalue weighted by Gasteiger charge is 1.99. The van der Waals surface area contributed by atoms with Gasteiger partial charge in [-0.2, -0.15) is 0 Å². The van der Waals surface area contributed by atoms with Gasteiger partial charge in [0, 0.05) is 9.65 Å². The lowest BCUT2D eigenvalue weighted by molar-refractivity contribution is 0.616. The number of hydrogen-bond acceptors (Lipinski definition) is 0. The van der Waals surface area contributed by atoms with Crippen molar-refractivity contribution in [3.8, 4) is 0 Å². The van der Waals surface area contributed by atoms with E-state index < -0.39 is 0 Å². The van der Waals surface area contributed by atoms with E-state index in [1.54, 1.807) is 0 Å². The zero-order valence-corrected chi connectivity index (χ0v) is 12.5. The summed E-state index contributed by atoms with van der Waals surface area (Å²) < 4.78 is 0. The Morgan fingerprint density at radius 1 is 1.00 bits per heavy atom. The first-order valence-corrected chi connectivity index (χ1v) is 7.46. The largest absolute Gasteiger partial charge is 0.0848 e. The minimum absolute atomic E-state index is 0.489. The van der Waals surface area contributed by atoms with Crippen LogP contribution in [0.3, 0.4) is 0 Å². The molecule has 0 amide bonds. The smallest absolute Gasteiger partial charge is 0.0325 e. The van der Waals surface area contributed by atoms with E-state index >= 15 is 0 Å². The van der Waals surface area contributed by atoms with Crippen LogP contribution in [0.5, 0.6) is 0 Å². The second kappa shape index (κ2) is 10.2. The molecule has 2 heteroatoms. The number of allylic oxidation sites excluding steroid dienone is 2. The van der Waals surface area contributed by atoms with Gasteiger partial charge in [0.25, 0.3) is 0 Å².